The summed E-state index contributed by atoms with van der Waals surface area (Å²) in [4.78, 5) is 10.2. The number of allylic oxidation sites excluding steroid dienone is 2. The largest absolute Gasteiger partial charge is 0.303 e. The van der Waals surface area contributed by atoms with Crippen molar-refractivity contribution < 1.29 is 4.79 Å². The molecule has 0 aromatic carbocycles. The van der Waals surface area contributed by atoms with Crippen molar-refractivity contribution in [2.45, 2.75) is 52.4 Å². The lowest BCUT2D eigenvalue weighted by Crippen LogP contribution is -1.89. The van der Waals surface area contributed by atoms with Gasteiger partial charge in [-0.1, -0.05) is 45.3 Å². The number of carbonyl (C=O) groups is 1. The standard InChI is InChI=1S/C12H22O/c1-3-4-5-6-7-8-9-12(2)10-11-13/h8-9,11-12H,3-7,10H2,1-2H3. The van der Waals surface area contributed by atoms with Gasteiger partial charge in [0, 0.05) is 6.42 Å². The average Bonchev–Trinajstić information content (AvgIpc) is 2.11. The van der Waals surface area contributed by atoms with Crippen molar-refractivity contribution in [2.24, 2.45) is 5.92 Å². The minimum absolute atomic E-state index is 0.420. The third kappa shape index (κ3) is 9.32. The van der Waals surface area contributed by atoms with Crippen molar-refractivity contribution in [3.63, 3.8) is 0 Å². The van der Waals surface area contributed by atoms with E-state index in [1.807, 2.05) is 0 Å². The second-order valence-electron chi connectivity index (χ2n) is 3.66. The molecule has 0 spiro atoms. The number of aldehydes is 1. The molecule has 0 aliphatic carbocycles. The van der Waals surface area contributed by atoms with Crippen LogP contribution < -0.4 is 0 Å². The first-order valence-electron chi connectivity index (χ1n) is 5.41. The smallest absolute Gasteiger partial charge is 0.120 e. The molecule has 1 atom stereocenters. The molecule has 0 rings (SSSR count). The Hall–Kier alpha value is -0.590. The van der Waals surface area contributed by atoms with E-state index in [4.69, 9.17) is 0 Å². The highest BCUT2D eigenvalue weighted by Gasteiger charge is 1.93. The summed E-state index contributed by atoms with van der Waals surface area (Å²) in [5.41, 5.74) is 0. The van der Waals surface area contributed by atoms with E-state index in [0.717, 1.165) is 6.29 Å². The minimum Gasteiger partial charge on any atom is -0.303 e. The Labute approximate surface area is 82.2 Å². The molecule has 0 radical (unpaired) electrons. The van der Waals surface area contributed by atoms with E-state index < -0.39 is 0 Å². The third-order valence-electron chi connectivity index (χ3n) is 2.16. The highest BCUT2D eigenvalue weighted by Crippen LogP contribution is 2.06. The van der Waals surface area contributed by atoms with Gasteiger partial charge in [0.05, 0.1) is 0 Å². The van der Waals surface area contributed by atoms with Crippen LogP contribution in [0.2, 0.25) is 0 Å². The molecule has 0 saturated heterocycles. The van der Waals surface area contributed by atoms with E-state index >= 15 is 0 Å². The molecule has 76 valence electrons. The first-order valence-corrected chi connectivity index (χ1v) is 5.41. The van der Waals surface area contributed by atoms with Crippen LogP contribution in [-0.2, 0) is 4.79 Å². The number of hydrogen-bond acceptors (Lipinski definition) is 1. The first-order chi connectivity index (χ1) is 6.31. The van der Waals surface area contributed by atoms with Gasteiger partial charge in [-0.3, -0.25) is 0 Å². The number of hydrogen-bond donors (Lipinski definition) is 0. The molecule has 0 saturated carbocycles. The van der Waals surface area contributed by atoms with Gasteiger partial charge in [-0.2, -0.15) is 0 Å². The van der Waals surface area contributed by atoms with Crippen LogP contribution in [0.4, 0.5) is 0 Å². The zero-order chi connectivity index (χ0) is 9.94. The molecule has 0 N–H and O–H groups in total. The van der Waals surface area contributed by atoms with E-state index in [9.17, 15) is 4.79 Å². The van der Waals surface area contributed by atoms with Crippen molar-refractivity contribution >= 4 is 6.29 Å². The SMILES string of the molecule is CCCCCCC=CC(C)CC=O. The maximum atomic E-state index is 10.2. The van der Waals surface area contributed by atoms with Crippen molar-refractivity contribution in [3.8, 4) is 0 Å². The summed E-state index contributed by atoms with van der Waals surface area (Å²) in [5.74, 6) is 0.420. The summed E-state index contributed by atoms with van der Waals surface area (Å²) in [7, 11) is 0. The lowest BCUT2D eigenvalue weighted by Gasteiger charge is -1.98. The number of unbranched alkanes of at least 4 members (excludes halogenated alkanes) is 4. The monoisotopic (exact) mass is 182 g/mol. The molecule has 0 bridgehead atoms. The van der Waals surface area contributed by atoms with Crippen LogP contribution in [0, 0.1) is 5.92 Å². The van der Waals surface area contributed by atoms with Crippen LogP contribution in [-0.4, -0.2) is 6.29 Å². The maximum Gasteiger partial charge on any atom is 0.120 e. The van der Waals surface area contributed by atoms with Crippen LogP contribution in [0.3, 0.4) is 0 Å². The zero-order valence-electron chi connectivity index (χ0n) is 8.96. The molecule has 13 heavy (non-hydrogen) atoms. The van der Waals surface area contributed by atoms with Crippen molar-refractivity contribution in [2.75, 3.05) is 0 Å². The Morgan fingerprint density at radius 2 is 2.00 bits per heavy atom. The average molecular weight is 182 g/mol. The van der Waals surface area contributed by atoms with E-state index in [1.165, 1.54) is 32.1 Å². The molecular formula is C12H22O. The van der Waals surface area contributed by atoms with Crippen LogP contribution >= 0.6 is 0 Å². The predicted octanol–water partition coefficient (Wildman–Crippen LogP) is 3.74. The molecule has 1 nitrogen and oxygen atoms in total. The van der Waals surface area contributed by atoms with Gasteiger partial charge >= 0.3 is 0 Å². The van der Waals surface area contributed by atoms with E-state index in [0.29, 0.717) is 12.3 Å². The predicted molar refractivity (Wildman–Crippen MR) is 57.7 cm³/mol. The summed E-state index contributed by atoms with van der Waals surface area (Å²) in [6, 6.07) is 0. The molecule has 0 aliphatic rings. The van der Waals surface area contributed by atoms with Crippen molar-refractivity contribution in [1.82, 2.24) is 0 Å². The fourth-order valence-corrected chi connectivity index (χ4v) is 1.25. The maximum absolute atomic E-state index is 10.2. The van der Waals surface area contributed by atoms with E-state index in [2.05, 4.69) is 26.0 Å². The lowest BCUT2D eigenvalue weighted by atomic mass is 10.1. The van der Waals surface area contributed by atoms with Gasteiger partial charge in [0.15, 0.2) is 0 Å². The molecule has 0 aromatic rings. The quantitative estimate of drug-likeness (QED) is 0.317. The van der Waals surface area contributed by atoms with Gasteiger partial charge in [0.1, 0.15) is 6.29 Å². The molecule has 0 fully saturated rings. The summed E-state index contributed by atoms with van der Waals surface area (Å²) in [6.07, 6.45) is 12.5. The fourth-order valence-electron chi connectivity index (χ4n) is 1.25. The summed E-state index contributed by atoms with van der Waals surface area (Å²) in [5, 5.41) is 0. The van der Waals surface area contributed by atoms with Gasteiger partial charge in [-0.05, 0) is 18.8 Å². The highest BCUT2D eigenvalue weighted by molar-refractivity contribution is 5.50. The molecule has 0 aliphatic heterocycles. The fraction of sp³-hybridized carbons (Fsp3) is 0.750. The van der Waals surface area contributed by atoms with Gasteiger partial charge in [-0.15, -0.1) is 0 Å². The second-order valence-corrected chi connectivity index (χ2v) is 3.66. The first kappa shape index (κ1) is 12.4. The molecule has 1 heteroatoms. The summed E-state index contributed by atoms with van der Waals surface area (Å²) < 4.78 is 0. The van der Waals surface area contributed by atoms with Gasteiger partial charge < -0.3 is 4.79 Å². The highest BCUT2D eigenvalue weighted by atomic mass is 16.1. The van der Waals surface area contributed by atoms with Gasteiger partial charge in [0.2, 0.25) is 0 Å². The molecular weight excluding hydrogens is 160 g/mol. The Bertz CT molecular complexity index is 138. The molecule has 1 unspecified atom stereocenters. The van der Waals surface area contributed by atoms with Crippen LogP contribution in [0.15, 0.2) is 12.2 Å². The Morgan fingerprint density at radius 3 is 2.62 bits per heavy atom. The molecule has 0 heterocycles. The van der Waals surface area contributed by atoms with Gasteiger partial charge in [-0.25, -0.2) is 0 Å². The van der Waals surface area contributed by atoms with Gasteiger partial charge in [0.25, 0.3) is 0 Å². The zero-order valence-corrected chi connectivity index (χ0v) is 8.96. The van der Waals surface area contributed by atoms with Crippen LogP contribution in [0.1, 0.15) is 52.4 Å². The molecule has 0 amide bonds. The lowest BCUT2D eigenvalue weighted by molar-refractivity contribution is -0.108. The van der Waals surface area contributed by atoms with Crippen LogP contribution in [0.25, 0.3) is 0 Å². The molecule has 0 aromatic heterocycles. The van der Waals surface area contributed by atoms with E-state index in [1.54, 1.807) is 0 Å². The van der Waals surface area contributed by atoms with Crippen molar-refractivity contribution in [1.29, 1.82) is 0 Å². The van der Waals surface area contributed by atoms with Crippen LogP contribution in [0.5, 0.6) is 0 Å². The van der Waals surface area contributed by atoms with Crippen molar-refractivity contribution in [3.05, 3.63) is 12.2 Å². The summed E-state index contributed by atoms with van der Waals surface area (Å²) >= 11 is 0. The minimum atomic E-state index is 0.420. The third-order valence-corrected chi connectivity index (χ3v) is 2.16. The second kappa shape index (κ2) is 9.50. The Kier molecular flexibility index (Phi) is 9.07. The summed E-state index contributed by atoms with van der Waals surface area (Å²) in [6.45, 7) is 4.30. The Morgan fingerprint density at radius 1 is 1.23 bits per heavy atom. The Balaban J connectivity index is 3.24. The normalized spacial score (nSPS) is 13.4. The van der Waals surface area contributed by atoms with E-state index in [-0.39, 0.29) is 0 Å². The number of carbonyl (C=O) groups excluding carboxylic acids is 1. The topological polar surface area (TPSA) is 17.1 Å². The number of rotatable bonds is 8.